The van der Waals surface area contributed by atoms with Crippen molar-refractivity contribution in [2.24, 2.45) is 0 Å². The summed E-state index contributed by atoms with van der Waals surface area (Å²) in [6.07, 6.45) is 17.9. The number of nitrogens with one attached hydrogen (secondary N) is 2. The van der Waals surface area contributed by atoms with Crippen LogP contribution in [-0.2, 0) is 31.3 Å². The molecule has 0 aromatic rings. The Hall–Kier alpha value is 0.524. The van der Waals surface area contributed by atoms with E-state index in [2.05, 4.69) is 13.8 Å². The van der Waals surface area contributed by atoms with E-state index in [1.54, 1.807) is 0 Å². The maximum Gasteiger partial charge on any atom is 3.00 e. The van der Waals surface area contributed by atoms with Gasteiger partial charge in [-0.15, -0.1) is 0 Å². The van der Waals surface area contributed by atoms with Gasteiger partial charge in [0.25, 0.3) is 0 Å². The summed E-state index contributed by atoms with van der Waals surface area (Å²) in [5.41, 5.74) is 13.4. The molecule has 8 heteroatoms. The SMILES string of the molecule is CCCCCCCCCC([NH-])=O.CCCCCCCCCC([NH-])=O.[Cl-].[Cl-].[Cl-].[Ti+3]. The summed E-state index contributed by atoms with van der Waals surface area (Å²) < 4.78 is 0. The zero-order valence-corrected chi connectivity index (χ0v) is 21.6. The Kier molecular flexibility index (Phi) is 58.1. The minimum Gasteiger partial charge on any atom is -1.00 e. The van der Waals surface area contributed by atoms with Crippen LogP contribution in [0.3, 0.4) is 0 Å². The molecule has 0 unspecified atom stereocenters. The first kappa shape index (κ1) is 42.6. The van der Waals surface area contributed by atoms with Crippen molar-refractivity contribution in [3.8, 4) is 0 Å². The quantitative estimate of drug-likeness (QED) is 0.192. The summed E-state index contributed by atoms with van der Waals surface area (Å²) in [5.74, 6) is -0.827. The van der Waals surface area contributed by atoms with Crippen LogP contribution in [0.25, 0.3) is 11.5 Å². The van der Waals surface area contributed by atoms with Gasteiger partial charge >= 0.3 is 21.7 Å². The number of carbonyl (C=O) groups is 2. The minimum atomic E-state index is -0.413. The second kappa shape index (κ2) is 38.2. The summed E-state index contributed by atoms with van der Waals surface area (Å²) in [6, 6.07) is 0. The van der Waals surface area contributed by atoms with Gasteiger partial charge in [0, 0.05) is 11.8 Å². The summed E-state index contributed by atoms with van der Waals surface area (Å²) in [5, 5.41) is 0. The Morgan fingerprint density at radius 1 is 0.500 bits per heavy atom. The maximum atomic E-state index is 10.2. The molecule has 0 heterocycles. The molecule has 0 saturated heterocycles. The first-order valence-electron chi connectivity index (χ1n) is 10.0. The second-order valence-electron chi connectivity index (χ2n) is 6.59. The molecule has 0 spiro atoms. The van der Waals surface area contributed by atoms with E-state index in [-0.39, 0.29) is 58.9 Å². The molecule has 0 aliphatic rings. The van der Waals surface area contributed by atoms with Crippen LogP contribution in [0, 0.1) is 0 Å². The van der Waals surface area contributed by atoms with Crippen LogP contribution < -0.4 is 37.2 Å². The largest absolute Gasteiger partial charge is 3.00 e. The van der Waals surface area contributed by atoms with Gasteiger partial charge < -0.3 is 58.3 Å². The van der Waals surface area contributed by atoms with Crippen molar-refractivity contribution < 1.29 is 68.5 Å². The Morgan fingerprint density at radius 3 is 0.929 bits per heavy atom. The van der Waals surface area contributed by atoms with Crippen LogP contribution in [0.15, 0.2) is 0 Å². The molecule has 0 fully saturated rings. The molecule has 0 rings (SSSR count). The molecule has 1 radical (unpaired) electrons. The number of rotatable bonds is 16. The third-order valence-electron chi connectivity index (χ3n) is 4.01. The van der Waals surface area contributed by atoms with Crippen molar-refractivity contribution in [3.05, 3.63) is 11.5 Å². The monoisotopic (exact) mass is 493 g/mol. The molecule has 0 aromatic carbocycles. The van der Waals surface area contributed by atoms with E-state index in [0.717, 1.165) is 25.7 Å². The van der Waals surface area contributed by atoms with E-state index in [4.69, 9.17) is 11.5 Å². The zero-order chi connectivity index (χ0) is 18.5. The molecule has 169 valence electrons. The summed E-state index contributed by atoms with van der Waals surface area (Å²) in [6.45, 7) is 4.41. The van der Waals surface area contributed by atoms with Gasteiger partial charge in [-0.05, 0) is 25.7 Å². The summed E-state index contributed by atoms with van der Waals surface area (Å²) in [4.78, 5) is 20.5. The number of carbonyl (C=O) groups excluding carboxylic acids is 2. The topological polar surface area (TPSA) is 81.7 Å². The molecule has 2 amide bonds. The first-order chi connectivity index (χ1) is 11.5. The van der Waals surface area contributed by atoms with Crippen LogP contribution in [0.2, 0.25) is 0 Å². The summed E-state index contributed by atoms with van der Waals surface area (Å²) in [7, 11) is 0. The fourth-order valence-electron chi connectivity index (χ4n) is 2.49. The smallest absolute Gasteiger partial charge is 1.00 e. The Balaban J connectivity index is -0.0000000756. The van der Waals surface area contributed by atoms with Crippen LogP contribution in [0.5, 0.6) is 0 Å². The number of amides is 2. The van der Waals surface area contributed by atoms with E-state index in [1.165, 1.54) is 64.2 Å². The fraction of sp³-hybridized carbons (Fsp3) is 0.900. The van der Waals surface area contributed by atoms with Gasteiger partial charge in [-0.3, -0.25) is 0 Å². The van der Waals surface area contributed by atoms with E-state index >= 15 is 0 Å². The van der Waals surface area contributed by atoms with Gasteiger partial charge in [0.15, 0.2) is 0 Å². The molecule has 0 aromatic heterocycles. The molecule has 0 bridgehead atoms. The average Bonchev–Trinajstić information content (AvgIpc) is 2.53. The normalized spacial score (nSPS) is 8.64. The van der Waals surface area contributed by atoms with Gasteiger partial charge in [-0.25, -0.2) is 0 Å². The van der Waals surface area contributed by atoms with Crippen molar-refractivity contribution >= 4 is 11.8 Å². The first-order valence-corrected chi connectivity index (χ1v) is 10.0. The van der Waals surface area contributed by atoms with Crippen LogP contribution in [0.1, 0.15) is 117 Å². The molecule has 0 aliphatic heterocycles. The molecule has 28 heavy (non-hydrogen) atoms. The van der Waals surface area contributed by atoms with E-state index in [1.807, 2.05) is 0 Å². The number of hydrogen-bond acceptors (Lipinski definition) is 2. The molecular weight excluding hydrogens is 454 g/mol. The minimum absolute atomic E-state index is 0. The van der Waals surface area contributed by atoms with Crippen molar-refractivity contribution in [2.75, 3.05) is 0 Å². The molecule has 2 N–H and O–H groups in total. The van der Waals surface area contributed by atoms with Crippen molar-refractivity contribution in [3.63, 3.8) is 0 Å². The number of unbranched alkanes of at least 4 members (excludes halogenated alkanes) is 12. The number of halogens is 3. The molecule has 0 saturated carbocycles. The van der Waals surface area contributed by atoms with Gasteiger partial charge in [0.2, 0.25) is 0 Å². The van der Waals surface area contributed by atoms with E-state index in [9.17, 15) is 9.59 Å². The van der Waals surface area contributed by atoms with Gasteiger partial charge in [-0.1, -0.05) is 90.9 Å². The Bertz CT molecular complexity index is 273. The molecular formula is C20H40Cl3N2O2Ti-2. The Labute approximate surface area is 207 Å². The van der Waals surface area contributed by atoms with Crippen LogP contribution >= 0.6 is 0 Å². The molecule has 0 aliphatic carbocycles. The van der Waals surface area contributed by atoms with Crippen molar-refractivity contribution in [2.45, 2.75) is 117 Å². The Morgan fingerprint density at radius 2 is 0.714 bits per heavy atom. The van der Waals surface area contributed by atoms with E-state index in [0.29, 0.717) is 12.8 Å². The van der Waals surface area contributed by atoms with Gasteiger partial charge in [0.1, 0.15) is 0 Å². The standard InChI is InChI=1S/2C10H21NO.3ClH.Ti/c2*1-2-3-4-5-6-7-8-9-10(11)12;;;;/h2*2-9H2,1H3,(H2,11,12);3*1H;/q;;;;;+3/p-5. The number of hydrogen-bond donors (Lipinski definition) is 0. The van der Waals surface area contributed by atoms with Gasteiger partial charge in [-0.2, -0.15) is 0 Å². The predicted octanol–water partition coefficient (Wildman–Crippen LogP) is -1.58. The molecule has 0 atom stereocenters. The zero-order valence-electron chi connectivity index (χ0n) is 17.8. The average molecular weight is 495 g/mol. The van der Waals surface area contributed by atoms with Crippen LogP contribution in [-0.4, -0.2) is 11.8 Å². The van der Waals surface area contributed by atoms with Crippen molar-refractivity contribution in [1.82, 2.24) is 0 Å². The van der Waals surface area contributed by atoms with Crippen molar-refractivity contribution in [1.29, 1.82) is 0 Å². The summed E-state index contributed by atoms with van der Waals surface area (Å²) >= 11 is 0. The van der Waals surface area contributed by atoms with Gasteiger partial charge in [0.05, 0.1) is 0 Å². The second-order valence-corrected chi connectivity index (χ2v) is 6.59. The predicted molar refractivity (Wildman–Crippen MR) is 104 cm³/mol. The molecule has 4 nitrogen and oxygen atoms in total. The maximum absolute atomic E-state index is 10.2. The van der Waals surface area contributed by atoms with Crippen LogP contribution in [0.4, 0.5) is 0 Å². The third-order valence-corrected chi connectivity index (χ3v) is 4.01. The fourth-order valence-corrected chi connectivity index (χ4v) is 2.49. The third kappa shape index (κ3) is 50.4. The van der Waals surface area contributed by atoms with E-state index < -0.39 is 11.8 Å².